The van der Waals surface area contributed by atoms with E-state index < -0.39 is 7.14 Å². The molecule has 0 radical (unpaired) electrons. The summed E-state index contributed by atoms with van der Waals surface area (Å²) in [6.07, 6.45) is 1.77. The van der Waals surface area contributed by atoms with Gasteiger partial charge in [0.05, 0.1) is 0 Å². The van der Waals surface area contributed by atoms with Gasteiger partial charge in [-0.05, 0) is 5.56 Å². The molecule has 0 unspecified atom stereocenters. The van der Waals surface area contributed by atoms with Gasteiger partial charge in [0.2, 0.25) is 0 Å². The van der Waals surface area contributed by atoms with E-state index >= 15 is 0 Å². The van der Waals surface area contributed by atoms with Crippen molar-refractivity contribution in [3.63, 3.8) is 0 Å². The SMILES string of the molecule is C=Cc1ccccc1P(=O)(c1ccccc1)c1ccccc1. The zero-order chi connectivity index (χ0) is 15.4. The van der Waals surface area contributed by atoms with Gasteiger partial charge in [0.1, 0.15) is 0 Å². The summed E-state index contributed by atoms with van der Waals surface area (Å²) in [5, 5.41) is 2.52. The van der Waals surface area contributed by atoms with E-state index in [9.17, 15) is 4.57 Å². The zero-order valence-corrected chi connectivity index (χ0v) is 13.1. The second-order valence-electron chi connectivity index (χ2n) is 5.04. The second kappa shape index (κ2) is 6.17. The highest BCUT2D eigenvalue weighted by atomic mass is 31.2. The predicted octanol–water partition coefficient (Wildman–Crippen LogP) is 3.97. The fourth-order valence-electron chi connectivity index (χ4n) is 2.65. The van der Waals surface area contributed by atoms with Crippen LogP contribution in [0.25, 0.3) is 6.08 Å². The van der Waals surface area contributed by atoms with E-state index in [1.54, 1.807) is 6.08 Å². The van der Waals surface area contributed by atoms with Crippen LogP contribution in [-0.2, 0) is 4.57 Å². The van der Waals surface area contributed by atoms with Crippen LogP contribution in [-0.4, -0.2) is 0 Å². The predicted molar refractivity (Wildman–Crippen MR) is 95.9 cm³/mol. The largest absolute Gasteiger partial charge is 0.309 e. The maximum Gasteiger partial charge on any atom is 0.171 e. The van der Waals surface area contributed by atoms with Crippen molar-refractivity contribution in [3.8, 4) is 0 Å². The molecule has 3 aromatic rings. The van der Waals surface area contributed by atoms with Gasteiger partial charge in [-0.25, -0.2) is 0 Å². The summed E-state index contributed by atoms with van der Waals surface area (Å²) in [5.41, 5.74) is 0.915. The Morgan fingerprint density at radius 1 is 0.682 bits per heavy atom. The number of benzene rings is 3. The van der Waals surface area contributed by atoms with E-state index in [1.165, 1.54) is 0 Å². The third-order valence-corrected chi connectivity index (χ3v) is 6.87. The molecule has 2 heteroatoms. The molecule has 0 aromatic heterocycles. The molecule has 22 heavy (non-hydrogen) atoms. The summed E-state index contributed by atoms with van der Waals surface area (Å²) >= 11 is 0. The average molecular weight is 304 g/mol. The van der Waals surface area contributed by atoms with Crippen LogP contribution in [0.1, 0.15) is 5.56 Å². The lowest BCUT2D eigenvalue weighted by Crippen LogP contribution is -2.26. The molecule has 0 aliphatic heterocycles. The maximum atomic E-state index is 14.2. The Morgan fingerprint density at radius 3 is 1.64 bits per heavy atom. The first kappa shape index (κ1) is 14.6. The normalized spacial score (nSPS) is 11.1. The molecule has 0 saturated carbocycles. The third kappa shape index (κ3) is 2.45. The molecule has 0 heterocycles. The summed E-state index contributed by atoms with van der Waals surface area (Å²) in [5.74, 6) is 0. The molecule has 3 rings (SSSR count). The van der Waals surface area contributed by atoms with Gasteiger partial charge in [-0.15, -0.1) is 0 Å². The summed E-state index contributed by atoms with van der Waals surface area (Å²) in [4.78, 5) is 0. The molecule has 0 aliphatic carbocycles. The number of hydrogen-bond donors (Lipinski definition) is 0. The Morgan fingerprint density at radius 2 is 1.14 bits per heavy atom. The molecule has 0 aliphatic rings. The Bertz CT molecular complexity index is 779. The molecular formula is C20H17OP. The fraction of sp³-hybridized carbons (Fsp3) is 0. The van der Waals surface area contributed by atoms with E-state index in [1.807, 2.05) is 84.9 Å². The fourth-order valence-corrected chi connectivity index (χ4v) is 5.51. The monoisotopic (exact) mass is 304 g/mol. The first-order valence-corrected chi connectivity index (χ1v) is 8.91. The minimum absolute atomic E-state index is 0.836. The number of hydrogen-bond acceptors (Lipinski definition) is 1. The summed E-state index contributed by atoms with van der Waals surface area (Å²) in [7, 11) is -2.90. The highest BCUT2D eigenvalue weighted by Gasteiger charge is 2.30. The lowest BCUT2D eigenvalue weighted by atomic mass is 10.2. The smallest absolute Gasteiger partial charge is 0.171 e. The van der Waals surface area contributed by atoms with Crippen molar-refractivity contribution in [2.24, 2.45) is 0 Å². The molecule has 108 valence electrons. The molecule has 0 saturated heterocycles. The van der Waals surface area contributed by atoms with Crippen molar-refractivity contribution >= 4 is 29.1 Å². The average Bonchev–Trinajstić information content (AvgIpc) is 2.62. The molecule has 0 fully saturated rings. The van der Waals surface area contributed by atoms with Gasteiger partial charge in [-0.3, -0.25) is 0 Å². The van der Waals surface area contributed by atoms with Crippen molar-refractivity contribution in [2.45, 2.75) is 0 Å². The Labute approximate surface area is 131 Å². The van der Waals surface area contributed by atoms with Gasteiger partial charge >= 0.3 is 0 Å². The summed E-state index contributed by atoms with van der Waals surface area (Å²) < 4.78 is 14.2. The van der Waals surface area contributed by atoms with Crippen LogP contribution in [0.4, 0.5) is 0 Å². The molecule has 3 aromatic carbocycles. The van der Waals surface area contributed by atoms with E-state index in [0.717, 1.165) is 21.5 Å². The van der Waals surface area contributed by atoms with Gasteiger partial charge in [0, 0.05) is 15.9 Å². The summed E-state index contributed by atoms with van der Waals surface area (Å²) in [6.45, 7) is 3.87. The Balaban J connectivity index is 2.34. The molecule has 0 atom stereocenters. The zero-order valence-electron chi connectivity index (χ0n) is 12.2. The van der Waals surface area contributed by atoms with Crippen molar-refractivity contribution in [3.05, 3.63) is 97.1 Å². The topological polar surface area (TPSA) is 17.1 Å². The molecule has 0 bridgehead atoms. The molecule has 0 amide bonds. The van der Waals surface area contributed by atoms with Gasteiger partial charge in [0.25, 0.3) is 0 Å². The highest BCUT2D eigenvalue weighted by molar-refractivity contribution is 7.85. The van der Waals surface area contributed by atoms with Crippen LogP contribution in [0.5, 0.6) is 0 Å². The molecule has 1 nitrogen and oxygen atoms in total. The third-order valence-electron chi connectivity index (χ3n) is 3.74. The summed E-state index contributed by atoms with van der Waals surface area (Å²) in [6, 6.07) is 27.1. The van der Waals surface area contributed by atoms with E-state index in [0.29, 0.717) is 0 Å². The van der Waals surface area contributed by atoms with Gasteiger partial charge < -0.3 is 4.57 Å². The van der Waals surface area contributed by atoms with Crippen LogP contribution < -0.4 is 15.9 Å². The number of rotatable bonds is 4. The van der Waals surface area contributed by atoms with Gasteiger partial charge in [-0.2, -0.15) is 0 Å². The quantitative estimate of drug-likeness (QED) is 0.667. The van der Waals surface area contributed by atoms with Crippen molar-refractivity contribution < 1.29 is 4.57 Å². The molecule has 0 spiro atoms. The van der Waals surface area contributed by atoms with Crippen LogP contribution in [0.15, 0.2) is 91.5 Å². The minimum Gasteiger partial charge on any atom is -0.309 e. The Kier molecular flexibility index (Phi) is 4.09. The van der Waals surface area contributed by atoms with Gasteiger partial charge in [-0.1, -0.05) is 97.6 Å². The lowest BCUT2D eigenvalue weighted by molar-refractivity contribution is 0.592. The molecular weight excluding hydrogens is 287 g/mol. The minimum atomic E-state index is -2.90. The Hall–Kier alpha value is -2.37. The van der Waals surface area contributed by atoms with Crippen molar-refractivity contribution in [1.29, 1.82) is 0 Å². The maximum absolute atomic E-state index is 14.2. The highest BCUT2D eigenvalue weighted by Crippen LogP contribution is 2.43. The van der Waals surface area contributed by atoms with Crippen LogP contribution in [0, 0.1) is 0 Å². The standard InChI is InChI=1S/C20H17OP/c1-2-17-11-9-10-16-20(17)22(21,18-12-5-3-6-13-18)19-14-7-4-8-15-19/h2-16H,1H2. The lowest BCUT2D eigenvalue weighted by Gasteiger charge is -2.21. The first-order chi connectivity index (χ1) is 10.8. The van der Waals surface area contributed by atoms with Gasteiger partial charge in [0.15, 0.2) is 7.14 Å². The van der Waals surface area contributed by atoms with Crippen LogP contribution >= 0.6 is 7.14 Å². The van der Waals surface area contributed by atoms with Crippen molar-refractivity contribution in [1.82, 2.24) is 0 Å². The van der Waals surface area contributed by atoms with Crippen molar-refractivity contribution in [2.75, 3.05) is 0 Å². The van der Waals surface area contributed by atoms with Crippen LogP contribution in [0.2, 0.25) is 0 Å². The second-order valence-corrected chi connectivity index (χ2v) is 7.78. The molecule has 0 N–H and O–H groups in total. The van der Waals surface area contributed by atoms with E-state index in [2.05, 4.69) is 6.58 Å². The van der Waals surface area contributed by atoms with E-state index in [-0.39, 0.29) is 0 Å². The first-order valence-electron chi connectivity index (χ1n) is 7.20. The van der Waals surface area contributed by atoms with Crippen LogP contribution in [0.3, 0.4) is 0 Å². The van der Waals surface area contributed by atoms with E-state index in [4.69, 9.17) is 0 Å².